The number of pyridine rings is 1. The standard InChI is InChI=1S/C13H17FN4O2/c14-12-10(3-1-4-16-12)13(20)18-6-2-5-17(7-8-18)9-11(15)19/h1,3-4H,2,5-9H2,(H2,15,19). The molecule has 0 radical (unpaired) electrons. The zero-order chi connectivity index (χ0) is 14.5. The molecule has 1 fully saturated rings. The molecular weight excluding hydrogens is 263 g/mol. The molecule has 1 aromatic heterocycles. The van der Waals surface area contributed by atoms with Gasteiger partial charge in [-0.05, 0) is 18.6 Å². The van der Waals surface area contributed by atoms with Gasteiger partial charge in [0, 0.05) is 32.4 Å². The summed E-state index contributed by atoms with van der Waals surface area (Å²) >= 11 is 0. The van der Waals surface area contributed by atoms with Crippen LogP contribution in [-0.4, -0.2) is 59.3 Å². The van der Waals surface area contributed by atoms with E-state index in [1.807, 2.05) is 4.90 Å². The topological polar surface area (TPSA) is 79.5 Å². The van der Waals surface area contributed by atoms with E-state index in [9.17, 15) is 14.0 Å². The predicted octanol–water partition coefficient (Wildman–Crippen LogP) is -0.146. The van der Waals surface area contributed by atoms with E-state index in [-0.39, 0.29) is 23.9 Å². The van der Waals surface area contributed by atoms with Gasteiger partial charge in [0.15, 0.2) is 0 Å². The van der Waals surface area contributed by atoms with Crippen LogP contribution in [0.15, 0.2) is 18.3 Å². The number of rotatable bonds is 3. The first kappa shape index (κ1) is 14.4. The first-order valence-corrected chi connectivity index (χ1v) is 6.48. The fourth-order valence-electron chi connectivity index (χ4n) is 2.27. The SMILES string of the molecule is NC(=O)CN1CCCN(C(=O)c2cccnc2F)CC1. The Morgan fingerprint density at radius 2 is 2.10 bits per heavy atom. The van der Waals surface area contributed by atoms with Gasteiger partial charge in [0.1, 0.15) is 0 Å². The van der Waals surface area contributed by atoms with E-state index >= 15 is 0 Å². The molecule has 2 amide bonds. The number of halogens is 1. The molecule has 1 aliphatic heterocycles. The summed E-state index contributed by atoms with van der Waals surface area (Å²) in [5, 5.41) is 0. The van der Waals surface area contributed by atoms with Crippen LogP contribution in [0, 0.1) is 5.95 Å². The highest BCUT2D eigenvalue weighted by Crippen LogP contribution is 2.11. The zero-order valence-corrected chi connectivity index (χ0v) is 11.1. The van der Waals surface area contributed by atoms with Gasteiger partial charge in [0.2, 0.25) is 11.9 Å². The molecule has 2 N–H and O–H groups in total. The van der Waals surface area contributed by atoms with E-state index in [4.69, 9.17) is 5.73 Å². The smallest absolute Gasteiger partial charge is 0.258 e. The van der Waals surface area contributed by atoms with Crippen LogP contribution in [0.1, 0.15) is 16.8 Å². The molecule has 1 aliphatic rings. The number of hydrogen-bond donors (Lipinski definition) is 1. The summed E-state index contributed by atoms with van der Waals surface area (Å²) in [5.41, 5.74) is 5.14. The van der Waals surface area contributed by atoms with Gasteiger partial charge in [-0.15, -0.1) is 0 Å². The molecule has 7 heteroatoms. The Morgan fingerprint density at radius 3 is 2.80 bits per heavy atom. The van der Waals surface area contributed by atoms with Crippen LogP contribution in [0.4, 0.5) is 4.39 Å². The van der Waals surface area contributed by atoms with Crippen molar-refractivity contribution in [1.82, 2.24) is 14.8 Å². The summed E-state index contributed by atoms with van der Waals surface area (Å²) in [7, 11) is 0. The van der Waals surface area contributed by atoms with E-state index in [1.165, 1.54) is 18.3 Å². The lowest BCUT2D eigenvalue weighted by molar-refractivity contribution is -0.119. The largest absolute Gasteiger partial charge is 0.369 e. The lowest BCUT2D eigenvalue weighted by Crippen LogP contribution is -2.38. The second-order valence-corrected chi connectivity index (χ2v) is 4.73. The molecule has 0 atom stereocenters. The fraction of sp³-hybridized carbons (Fsp3) is 0.462. The third kappa shape index (κ3) is 3.51. The van der Waals surface area contributed by atoms with Gasteiger partial charge in [0.05, 0.1) is 12.1 Å². The third-order valence-corrected chi connectivity index (χ3v) is 3.24. The van der Waals surface area contributed by atoms with Gasteiger partial charge in [-0.2, -0.15) is 4.39 Å². The molecule has 0 saturated carbocycles. The number of carbonyl (C=O) groups excluding carboxylic acids is 2. The monoisotopic (exact) mass is 280 g/mol. The average molecular weight is 280 g/mol. The van der Waals surface area contributed by atoms with E-state index in [0.29, 0.717) is 26.2 Å². The number of primary amides is 1. The lowest BCUT2D eigenvalue weighted by Gasteiger charge is -2.21. The Morgan fingerprint density at radius 1 is 1.30 bits per heavy atom. The molecule has 0 unspecified atom stereocenters. The molecule has 0 aromatic carbocycles. The van der Waals surface area contributed by atoms with Gasteiger partial charge in [-0.3, -0.25) is 14.5 Å². The summed E-state index contributed by atoms with van der Waals surface area (Å²) < 4.78 is 13.5. The molecule has 108 valence electrons. The maximum Gasteiger partial charge on any atom is 0.258 e. The lowest BCUT2D eigenvalue weighted by atomic mass is 10.2. The molecule has 0 spiro atoms. The number of amides is 2. The quantitative estimate of drug-likeness (QED) is 0.781. The van der Waals surface area contributed by atoms with Crippen molar-refractivity contribution >= 4 is 11.8 Å². The van der Waals surface area contributed by atoms with E-state index in [0.717, 1.165) is 6.42 Å². The fourth-order valence-corrected chi connectivity index (χ4v) is 2.27. The molecule has 1 saturated heterocycles. The van der Waals surface area contributed by atoms with Crippen molar-refractivity contribution in [2.45, 2.75) is 6.42 Å². The van der Waals surface area contributed by atoms with Crippen LogP contribution < -0.4 is 5.73 Å². The second kappa shape index (κ2) is 6.42. The summed E-state index contributed by atoms with van der Waals surface area (Å²) in [4.78, 5) is 30.1. The van der Waals surface area contributed by atoms with Crippen LogP contribution in [0.25, 0.3) is 0 Å². The minimum atomic E-state index is -0.754. The van der Waals surface area contributed by atoms with Crippen molar-refractivity contribution in [1.29, 1.82) is 0 Å². The minimum absolute atomic E-state index is 0.0177. The molecule has 6 nitrogen and oxygen atoms in total. The molecular formula is C13H17FN4O2. The van der Waals surface area contributed by atoms with E-state index in [1.54, 1.807) is 4.90 Å². The molecule has 0 aliphatic carbocycles. The first-order valence-electron chi connectivity index (χ1n) is 6.48. The molecule has 20 heavy (non-hydrogen) atoms. The van der Waals surface area contributed by atoms with E-state index in [2.05, 4.69) is 4.98 Å². The van der Waals surface area contributed by atoms with Crippen molar-refractivity contribution in [3.05, 3.63) is 29.8 Å². The molecule has 2 rings (SSSR count). The Labute approximate surface area is 116 Å². The highest BCUT2D eigenvalue weighted by molar-refractivity contribution is 5.94. The Hall–Kier alpha value is -2.02. The molecule has 0 bridgehead atoms. The maximum absolute atomic E-state index is 13.5. The van der Waals surface area contributed by atoms with Crippen molar-refractivity contribution in [2.24, 2.45) is 5.73 Å². The summed E-state index contributed by atoms with van der Waals surface area (Å²) in [6.45, 7) is 2.41. The van der Waals surface area contributed by atoms with Gasteiger partial charge >= 0.3 is 0 Å². The van der Waals surface area contributed by atoms with Gasteiger partial charge < -0.3 is 10.6 Å². The van der Waals surface area contributed by atoms with Crippen LogP contribution >= 0.6 is 0 Å². The predicted molar refractivity (Wildman–Crippen MR) is 70.3 cm³/mol. The van der Waals surface area contributed by atoms with Crippen molar-refractivity contribution in [3.8, 4) is 0 Å². The Balaban J connectivity index is 2.02. The summed E-state index contributed by atoms with van der Waals surface area (Å²) in [6.07, 6.45) is 2.03. The van der Waals surface area contributed by atoms with Crippen LogP contribution in [0.3, 0.4) is 0 Å². The molecule has 1 aromatic rings. The van der Waals surface area contributed by atoms with Gasteiger partial charge in [-0.25, -0.2) is 4.98 Å². The van der Waals surface area contributed by atoms with Crippen LogP contribution in [0.5, 0.6) is 0 Å². The van der Waals surface area contributed by atoms with Crippen molar-refractivity contribution in [2.75, 3.05) is 32.7 Å². The Kier molecular flexibility index (Phi) is 4.62. The number of nitrogens with zero attached hydrogens (tertiary/aromatic N) is 3. The number of aromatic nitrogens is 1. The minimum Gasteiger partial charge on any atom is -0.369 e. The highest BCUT2D eigenvalue weighted by atomic mass is 19.1. The number of hydrogen-bond acceptors (Lipinski definition) is 4. The zero-order valence-electron chi connectivity index (χ0n) is 11.1. The Bertz CT molecular complexity index is 509. The highest BCUT2D eigenvalue weighted by Gasteiger charge is 2.23. The number of nitrogens with two attached hydrogens (primary N) is 1. The van der Waals surface area contributed by atoms with Crippen molar-refractivity contribution < 1.29 is 14.0 Å². The molecule has 2 heterocycles. The van der Waals surface area contributed by atoms with Gasteiger partial charge in [0.25, 0.3) is 5.91 Å². The maximum atomic E-state index is 13.5. The van der Waals surface area contributed by atoms with Crippen LogP contribution in [-0.2, 0) is 4.79 Å². The third-order valence-electron chi connectivity index (χ3n) is 3.24. The van der Waals surface area contributed by atoms with E-state index < -0.39 is 5.95 Å². The number of carbonyl (C=O) groups is 2. The summed E-state index contributed by atoms with van der Waals surface area (Å²) in [6, 6.07) is 2.96. The normalized spacial score (nSPS) is 16.8. The first-order chi connectivity index (χ1) is 9.58. The van der Waals surface area contributed by atoms with Crippen molar-refractivity contribution in [3.63, 3.8) is 0 Å². The second-order valence-electron chi connectivity index (χ2n) is 4.73. The van der Waals surface area contributed by atoms with Crippen LogP contribution in [0.2, 0.25) is 0 Å². The summed E-state index contributed by atoms with van der Waals surface area (Å²) in [5.74, 6) is -1.50. The van der Waals surface area contributed by atoms with Gasteiger partial charge in [-0.1, -0.05) is 0 Å². The average Bonchev–Trinajstić information content (AvgIpc) is 2.63.